The average molecular weight is 321 g/mol. The summed E-state index contributed by atoms with van der Waals surface area (Å²) < 4.78 is 0. The summed E-state index contributed by atoms with van der Waals surface area (Å²) in [5.74, 6) is 2.26. The van der Waals surface area contributed by atoms with E-state index in [0.717, 1.165) is 30.8 Å². The van der Waals surface area contributed by atoms with Crippen LogP contribution in [-0.2, 0) is 13.1 Å². The van der Waals surface area contributed by atoms with Gasteiger partial charge in [-0.3, -0.25) is 0 Å². The molecule has 122 valence electrons. The van der Waals surface area contributed by atoms with E-state index in [1.54, 1.807) is 0 Å². The van der Waals surface area contributed by atoms with Gasteiger partial charge < -0.3 is 15.5 Å². The lowest BCUT2D eigenvalue weighted by atomic mass is 10.1. The van der Waals surface area contributed by atoms with Crippen LogP contribution < -0.4 is 10.6 Å². The van der Waals surface area contributed by atoms with Gasteiger partial charge in [-0.1, -0.05) is 31.2 Å². The Hall–Kier alpha value is -1.20. The molecule has 2 rings (SSSR count). The number of thioether (sulfide) groups is 1. The molecule has 0 unspecified atom stereocenters. The van der Waals surface area contributed by atoms with E-state index in [0.29, 0.717) is 12.6 Å². The molecule has 0 aromatic heterocycles. The second-order valence-electron chi connectivity index (χ2n) is 5.89. The highest BCUT2D eigenvalue weighted by atomic mass is 32.2. The van der Waals surface area contributed by atoms with Crippen LogP contribution >= 0.6 is 11.8 Å². The van der Waals surface area contributed by atoms with E-state index < -0.39 is 0 Å². The van der Waals surface area contributed by atoms with E-state index in [9.17, 15) is 4.79 Å². The molecule has 22 heavy (non-hydrogen) atoms. The van der Waals surface area contributed by atoms with Gasteiger partial charge in [-0.2, -0.15) is 11.8 Å². The van der Waals surface area contributed by atoms with Gasteiger partial charge in [0.1, 0.15) is 0 Å². The molecule has 0 aliphatic carbocycles. The predicted octanol–water partition coefficient (Wildman–Crippen LogP) is 2.83. The Morgan fingerprint density at radius 3 is 2.95 bits per heavy atom. The first kappa shape index (κ1) is 17.2. The summed E-state index contributed by atoms with van der Waals surface area (Å²) in [7, 11) is 2.11. The van der Waals surface area contributed by atoms with Gasteiger partial charge in [0.05, 0.1) is 0 Å². The Kier molecular flexibility index (Phi) is 7.06. The van der Waals surface area contributed by atoms with Gasteiger partial charge in [0.2, 0.25) is 0 Å². The topological polar surface area (TPSA) is 44.4 Å². The minimum atomic E-state index is -0.0522. The maximum Gasteiger partial charge on any atom is 0.315 e. The Morgan fingerprint density at radius 1 is 1.41 bits per heavy atom. The molecule has 0 radical (unpaired) electrons. The van der Waals surface area contributed by atoms with Crippen molar-refractivity contribution >= 4 is 17.8 Å². The number of benzene rings is 1. The Balaban J connectivity index is 1.78. The molecule has 1 aromatic rings. The van der Waals surface area contributed by atoms with Crippen molar-refractivity contribution < 1.29 is 4.79 Å². The van der Waals surface area contributed by atoms with E-state index in [1.807, 2.05) is 11.8 Å². The minimum absolute atomic E-state index is 0.0522. The van der Waals surface area contributed by atoms with Crippen LogP contribution in [0, 0.1) is 0 Å². The minimum Gasteiger partial charge on any atom is -0.335 e. The number of rotatable bonds is 6. The number of carbonyl (C=O) groups excluding carboxylic acids is 1. The number of hydrogen-bond donors (Lipinski definition) is 2. The molecule has 2 amide bonds. The largest absolute Gasteiger partial charge is 0.335 e. The SMILES string of the molecule is CCN(C)Cc1cccc(CNC(=O)N[C@H]2CCCSC2)c1. The molecule has 1 heterocycles. The lowest BCUT2D eigenvalue weighted by Gasteiger charge is -2.22. The second kappa shape index (κ2) is 9.06. The highest BCUT2D eigenvalue weighted by molar-refractivity contribution is 7.99. The number of urea groups is 1. The summed E-state index contributed by atoms with van der Waals surface area (Å²) in [5.41, 5.74) is 2.43. The molecule has 1 aliphatic heterocycles. The van der Waals surface area contributed by atoms with Crippen molar-refractivity contribution in [2.24, 2.45) is 0 Å². The summed E-state index contributed by atoms with van der Waals surface area (Å²) in [4.78, 5) is 14.2. The van der Waals surface area contributed by atoms with Crippen molar-refractivity contribution in [3.63, 3.8) is 0 Å². The molecule has 1 atom stereocenters. The lowest BCUT2D eigenvalue weighted by Crippen LogP contribution is -2.44. The zero-order chi connectivity index (χ0) is 15.8. The van der Waals surface area contributed by atoms with Gasteiger partial charge in [-0.15, -0.1) is 0 Å². The molecule has 1 fully saturated rings. The lowest BCUT2D eigenvalue weighted by molar-refractivity contribution is 0.237. The van der Waals surface area contributed by atoms with Crippen LogP contribution in [0.5, 0.6) is 0 Å². The van der Waals surface area contributed by atoms with E-state index in [4.69, 9.17) is 0 Å². The number of hydrogen-bond acceptors (Lipinski definition) is 3. The average Bonchev–Trinajstić information content (AvgIpc) is 2.54. The van der Waals surface area contributed by atoms with Gasteiger partial charge in [-0.05, 0) is 43.3 Å². The zero-order valence-corrected chi connectivity index (χ0v) is 14.4. The molecule has 1 aromatic carbocycles. The van der Waals surface area contributed by atoms with Crippen LogP contribution in [0.25, 0.3) is 0 Å². The van der Waals surface area contributed by atoms with Crippen molar-refractivity contribution in [2.45, 2.75) is 38.9 Å². The van der Waals surface area contributed by atoms with Crippen molar-refractivity contribution in [3.05, 3.63) is 35.4 Å². The summed E-state index contributed by atoms with van der Waals surface area (Å²) in [6.07, 6.45) is 2.29. The van der Waals surface area contributed by atoms with Gasteiger partial charge >= 0.3 is 6.03 Å². The van der Waals surface area contributed by atoms with Crippen LogP contribution in [0.1, 0.15) is 30.9 Å². The van der Waals surface area contributed by atoms with E-state index >= 15 is 0 Å². The second-order valence-corrected chi connectivity index (χ2v) is 7.04. The monoisotopic (exact) mass is 321 g/mol. The number of nitrogens with zero attached hydrogens (tertiary/aromatic N) is 1. The Labute approximate surface area is 138 Å². The summed E-state index contributed by atoms with van der Waals surface area (Å²) in [6, 6.07) is 8.70. The molecule has 5 heteroatoms. The first-order valence-corrected chi connectivity index (χ1v) is 9.21. The van der Waals surface area contributed by atoms with Crippen LogP contribution in [0.15, 0.2) is 24.3 Å². The van der Waals surface area contributed by atoms with Crippen LogP contribution in [-0.4, -0.2) is 42.1 Å². The summed E-state index contributed by atoms with van der Waals surface area (Å²) in [5, 5.41) is 6.03. The number of carbonyl (C=O) groups is 1. The third-order valence-electron chi connectivity index (χ3n) is 3.93. The molecule has 4 nitrogen and oxygen atoms in total. The summed E-state index contributed by atoms with van der Waals surface area (Å²) >= 11 is 1.92. The van der Waals surface area contributed by atoms with Gasteiger partial charge in [-0.25, -0.2) is 4.79 Å². The third-order valence-corrected chi connectivity index (χ3v) is 5.15. The standard InChI is InChI=1S/C17H27N3OS/c1-3-20(2)12-15-7-4-6-14(10-15)11-18-17(21)19-16-8-5-9-22-13-16/h4,6-7,10,16H,3,5,8-9,11-13H2,1-2H3,(H2,18,19,21)/t16-/m0/s1. The number of nitrogens with one attached hydrogen (secondary N) is 2. The first-order chi connectivity index (χ1) is 10.7. The van der Waals surface area contributed by atoms with Crippen LogP contribution in [0.4, 0.5) is 4.79 Å². The predicted molar refractivity (Wildman–Crippen MR) is 94.2 cm³/mol. The maximum atomic E-state index is 12.0. The molecule has 1 aliphatic rings. The zero-order valence-electron chi connectivity index (χ0n) is 13.6. The summed E-state index contributed by atoms with van der Waals surface area (Å²) in [6.45, 7) is 4.70. The first-order valence-electron chi connectivity index (χ1n) is 8.06. The fourth-order valence-electron chi connectivity index (χ4n) is 2.53. The highest BCUT2D eigenvalue weighted by Gasteiger charge is 2.15. The maximum absolute atomic E-state index is 12.0. The van der Waals surface area contributed by atoms with Crippen LogP contribution in [0.3, 0.4) is 0 Å². The third kappa shape index (κ3) is 5.89. The molecule has 2 N–H and O–H groups in total. The van der Waals surface area contributed by atoms with Gasteiger partial charge in [0, 0.05) is 24.9 Å². The van der Waals surface area contributed by atoms with Crippen molar-refractivity contribution in [2.75, 3.05) is 25.1 Å². The highest BCUT2D eigenvalue weighted by Crippen LogP contribution is 2.16. The van der Waals surface area contributed by atoms with Gasteiger partial charge in [0.15, 0.2) is 0 Å². The van der Waals surface area contributed by atoms with E-state index in [2.05, 4.69) is 53.8 Å². The van der Waals surface area contributed by atoms with E-state index in [1.165, 1.54) is 17.7 Å². The fraction of sp³-hybridized carbons (Fsp3) is 0.588. The normalized spacial score (nSPS) is 18.2. The quantitative estimate of drug-likeness (QED) is 0.847. The fourth-order valence-corrected chi connectivity index (χ4v) is 3.61. The molecule has 0 saturated carbocycles. The molecular weight excluding hydrogens is 294 g/mol. The Bertz CT molecular complexity index is 475. The molecule has 0 bridgehead atoms. The van der Waals surface area contributed by atoms with Crippen molar-refractivity contribution in [3.8, 4) is 0 Å². The molecule has 0 spiro atoms. The smallest absolute Gasteiger partial charge is 0.315 e. The van der Waals surface area contributed by atoms with Gasteiger partial charge in [0.25, 0.3) is 0 Å². The van der Waals surface area contributed by atoms with Crippen LogP contribution in [0.2, 0.25) is 0 Å². The Morgan fingerprint density at radius 2 is 2.23 bits per heavy atom. The van der Waals surface area contributed by atoms with Crippen molar-refractivity contribution in [1.29, 1.82) is 0 Å². The number of amides is 2. The molecule has 1 saturated heterocycles. The van der Waals surface area contributed by atoms with Crippen molar-refractivity contribution in [1.82, 2.24) is 15.5 Å². The molecular formula is C17H27N3OS. The van der Waals surface area contributed by atoms with E-state index in [-0.39, 0.29) is 6.03 Å².